The molecule has 3 rings (SSSR count). The molecule has 32 heavy (non-hydrogen) atoms. The molecule has 6 heteroatoms. The van der Waals surface area contributed by atoms with Crippen LogP contribution in [0, 0.1) is 6.92 Å². The second-order valence-electron chi connectivity index (χ2n) is 9.38. The Labute approximate surface area is 190 Å². The smallest absolute Gasteiger partial charge is 0.255 e. The minimum absolute atomic E-state index is 0.0255. The number of carbonyl (C=O) groups is 3. The Morgan fingerprint density at radius 1 is 0.969 bits per heavy atom. The van der Waals surface area contributed by atoms with E-state index in [1.807, 2.05) is 36.1 Å². The molecule has 0 spiro atoms. The van der Waals surface area contributed by atoms with Crippen molar-refractivity contribution in [2.75, 3.05) is 25.0 Å². The van der Waals surface area contributed by atoms with Crippen LogP contribution in [0.5, 0.6) is 0 Å². The molecule has 0 bridgehead atoms. The summed E-state index contributed by atoms with van der Waals surface area (Å²) in [6.45, 7) is 9.97. The third-order valence-electron chi connectivity index (χ3n) is 5.81. The van der Waals surface area contributed by atoms with E-state index in [0.717, 1.165) is 37.1 Å². The summed E-state index contributed by atoms with van der Waals surface area (Å²) in [4.78, 5) is 39.6. The van der Waals surface area contributed by atoms with Gasteiger partial charge in [-0.05, 0) is 54.5 Å². The molecule has 3 amide bonds. The zero-order valence-electron chi connectivity index (χ0n) is 19.5. The monoisotopic (exact) mass is 435 g/mol. The van der Waals surface area contributed by atoms with Gasteiger partial charge in [-0.1, -0.05) is 45.0 Å². The molecule has 1 aliphatic rings. The van der Waals surface area contributed by atoms with E-state index < -0.39 is 0 Å². The van der Waals surface area contributed by atoms with Crippen LogP contribution in [0.2, 0.25) is 0 Å². The number of rotatable bonds is 6. The number of anilines is 1. The van der Waals surface area contributed by atoms with Gasteiger partial charge in [-0.2, -0.15) is 0 Å². The van der Waals surface area contributed by atoms with Gasteiger partial charge in [0.15, 0.2) is 0 Å². The maximum atomic E-state index is 12.9. The average molecular weight is 436 g/mol. The Morgan fingerprint density at radius 2 is 1.62 bits per heavy atom. The molecule has 1 heterocycles. The van der Waals surface area contributed by atoms with E-state index >= 15 is 0 Å². The Kier molecular flexibility index (Phi) is 7.33. The van der Waals surface area contributed by atoms with Crippen molar-refractivity contribution >= 4 is 23.4 Å². The fraction of sp³-hybridized carbons (Fsp3) is 0.423. The van der Waals surface area contributed by atoms with Crippen molar-refractivity contribution in [3.63, 3.8) is 0 Å². The molecule has 0 unspecified atom stereocenters. The van der Waals surface area contributed by atoms with Gasteiger partial charge in [-0.15, -0.1) is 0 Å². The highest BCUT2D eigenvalue weighted by molar-refractivity contribution is 6.04. The third-order valence-corrected chi connectivity index (χ3v) is 5.81. The number of carbonyl (C=O) groups excluding carboxylic acids is 3. The SMILES string of the molecule is Cc1cccc(C(=O)N2CCCC2)c1NC(=O)CCNC(=O)c1ccc(C(C)(C)C)cc1. The fourth-order valence-electron chi connectivity index (χ4n) is 3.82. The number of nitrogens with one attached hydrogen (secondary N) is 2. The summed E-state index contributed by atoms with van der Waals surface area (Å²) in [5.74, 6) is -0.495. The molecule has 2 N–H and O–H groups in total. The second-order valence-corrected chi connectivity index (χ2v) is 9.38. The molecule has 170 valence electrons. The summed E-state index contributed by atoms with van der Waals surface area (Å²) in [5, 5.41) is 5.68. The summed E-state index contributed by atoms with van der Waals surface area (Å²) in [6.07, 6.45) is 2.15. The largest absolute Gasteiger partial charge is 0.352 e. The van der Waals surface area contributed by atoms with Gasteiger partial charge in [0.1, 0.15) is 0 Å². The minimum atomic E-state index is -0.238. The molecule has 2 aromatic carbocycles. The van der Waals surface area contributed by atoms with Gasteiger partial charge in [-0.25, -0.2) is 0 Å². The molecule has 1 saturated heterocycles. The third kappa shape index (κ3) is 5.75. The first-order valence-corrected chi connectivity index (χ1v) is 11.2. The molecular weight excluding hydrogens is 402 g/mol. The lowest BCUT2D eigenvalue weighted by Crippen LogP contribution is -2.30. The first kappa shape index (κ1) is 23.5. The zero-order chi connectivity index (χ0) is 23.3. The molecule has 0 aliphatic carbocycles. The van der Waals surface area contributed by atoms with Crippen LogP contribution in [0.15, 0.2) is 42.5 Å². The summed E-state index contributed by atoms with van der Waals surface area (Å²) in [7, 11) is 0. The number of hydrogen-bond acceptors (Lipinski definition) is 3. The van der Waals surface area contributed by atoms with Gasteiger partial charge in [0.2, 0.25) is 5.91 Å². The Bertz CT molecular complexity index is 984. The minimum Gasteiger partial charge on any atom is -0.352 e. The van der Waals surface area contributed by atoms with E-state index in [2.05, 4.69) is 31.4 Å². The van der Waals surface area contributed by atoms with E-state index in [9.17, 15) is 14.4 Å². The van der Waals surface area contributed by atoms with Gasteiger partial charge < -0.3 is 15.5 Å². The predicted molar refractivity (Wildman–Crippen MR) is 127 cm³/mol. The maximum Gasteiger partial charge on any atom is 0.255 e. The fourth-order valence-corrected chi connectivity index (χ4v) is 3.82. The quantitative estimate of drug-likeness (QED) is 0.711. The zero-order valence-corrected chi connectivity index (χ0v) is 19.5. The molecule has 1 aliphatic heterocycles. The van der Waals surface area contributed by atoms with Crippen LogP contribution in [-0.4, -0.2) is 42.3 Å². The summed E-state index contributed by atoms with van der Waals surface area (Å²) in [6, 6.07) is 13.0. The van der Waals surface area contributed by atoms with Gasteiger partial charge in [0.25, 0.3) is 11.8 Å². The summed E-state index contributed by atoms with van der Waals surface area (Å²) < 4.78 is 0. The van der Waals surface area contributed by atoms with Crippen LogP contribution >= 0.6 is 0 Å². The van der Waals surface area contributed by atoms with E-state index in [4.69, 9.17) is 0 Å². The number of aryl methyl sites for hydroxylation is 1. The predicted octanol–water partition coefficient (Wildman–Crippen LogP) is 4.29. The van der Waals surface area contributed by atoms with Crippen molar-refractivity contribution in [3.8, 4) is 0 Å². The topological polar surface area (TPSA) is 78.5 Å². The molecule has 1 fully saturated rings. The number of likely N-dealkylation sites (tertiary alicyclic amines) is 1. The summed E-state index contributed by atoms with van der Waals surface area (Å²) >= 11 is 0. The van der Waals surface area contributed by atoms with Gasteiger partial charge in [0.05, 0.1) is 11.3 Å². The van der Waals surface area contributed by atoms with Crippen molar-refractivity contribution < 1.29 is 14.4 Å². The number of hydrogen-bond donors (Lipinski definition) is 2. The number of amides is 3. The van der Waals surface area contributed by atoms with Gasteiger partial charge >= 0.3 is 0 Å². The van der Waals surface area contributed by atoms with Crippen molar-refractivity contribution in [3.05, 3.63) is 64.7 Å². The Hall–Kier alpha value is -3.15. The maximum absolute atomic E-state index is 12.9. The lowest BCUT2D eigenvalue weighted by Gasteiger charge is -2.19. The van der Waals surface area contributed by atoms with Crippen LogP contribution < -0.4 is 10.6 Å². The molecule has 0 saturated carbocycles. The van der Waals surface area contributed by atoms with Crippen LogP contribution in [0.1, 0.15) is 71.9 Å². The van der Waals surface area contributed by atoms with Crippen molar-refractivity contribution in [1.82, 2.24) is 10.2 Å². The molecule has 0 aromatic heterocycles. The number of nitrogens with zero attached hydrogens (tertiary/aromatic N) is 1. The molecular formula is C26H33N3O3. The lowest BCUT2D eigenvalue weighted by atomic mass is 9.87. The number of para-hydroxylation sites is 1. The molecule has 0 atom stereocenters. The normalized spacial score (nSPS) is 13.7. The first-order chi connectivity index (χ1) is 15.2. The van der Waals surface area contributed by atoms with Crippen molar-refractivity contribution in [2.45, 2.75) is 52.4 Å². The van der Waals surface area contributed by atoms with Crippen molar-refractivity contribution in [2.24, 2.45) is 0 Å². The average Bonchev–Trinajstić information content (AvgIpc) is 3.29. The molecule has 6 nitrogen and oxygen atoms in total. The Balaban J connectivity index is 1.56. The highest BCUT2D eigenvalue weighted by atomic mass is 16.2. The van der Waals surface area contributed by atoms with E-state index in [0.29, 0.717) is 16.8 Å². The standard InChI is InChI=1S/C26H33N3O3/c1-18-8-7-9-21(25(32)29-16-5-6-17-29)23(18)28-22(30)14-15-27-24(31)19-10-12-20(13-11-19)26(2,3)4/h7-13H,5-6,14-17H2,1-4H3,(H,27,31)(H,28,30). The highest BCUT2D eigenvalue weighted by Crippen LogP contribution is 2.24. The van der Waals surface area contributed by atoms with E-state index in [-0.39, 0.29) is 36.1 Å². The molecule has 0 radical (unpaired) electrons. The molecule has 2 aromatic rings. The van der Waals surface area contributed by atoms with E-state index in [1.165, 1.54) is 0 Å². The second kappa shape index (κ2) is 9.98. The van der Waals surface area contributed by atoms with E-state index in [1.54, 1.807) is 18.2 Å². The number of benzene rings is 2. The first-order valence-electron chi connectivity index (χ1n) is 11.2. The van der Waals surface area contributed by atoms with Crippen LogP contribution in [0.4, 0.5) is 5.69 Å². The van der Waals surface area contributed by atoms with Crippen LogP contribution in [-0.2, 0) is 10.2 Å². The van der Waals surface area contributed by atoms with Crippen LogP contribution in [0.3, 0.4) is 0 Å². The van der Waals surface area contributed by atoms with Gasteiger partial charge in [-0.3, -0.25) is 14.4 Å². The highest BCUT2D eigenvalue weighted by Gasteiger charge is 2.23. The van der Waals surface area contributed by atoms with Crippen LogP contribution in [0.25, 0.3) is 0 Å². The Morgan fingerprint density at radius 3 is 2.25 bits per heavy atom. The lowest BCUT2D eigenvalue weighted by molar-refractivity contribution is -0.116. The van der Waals surface area contributed by atoms with Crippen molar-refractivity contribution in [1.29, 1.82) is 0 Å². The summed E-state index contributed by atoms with van der Waals surface area (Å²) in [5.41, 5.74) is 3.66. The van der Waals surface area contributed by atoms with Gasteiger partial charge in [0, 0.05) is 31.6 Å².